The van der Waals surface area contributed by atoms with Crippen molar-refractivity contribution >= 4 is 30.9 Å². The Kier molecular flexibility index (Phi) is 16.0. The Morgan fingerprint density at radius 2 is 1.68 bits per heavy atom. The average molecular weight is 449 g/mol. The Morgan fingerprint density at radius 3 is 2.32 bits per heavy atom. The van der Waals surface area contributed by atoms with Gasteiger partial charge in [-0.15, -0.1) is 0 Å². The van der Waals surface area contributed by atoms with Gasteiger partial charge in [-0.3, -0.25) is 4.90 Å². The van der Waals surface area contributed by atoms with E-state index in [1.54, 1.807) is 12.1 Å². The van der Waals surface area contributed by atoms with Gasteiger partial charge < -0.3 is 20.0 Å². The molecule has 1 aliphatic rings. The molecule has 0 saturated carbocycles. The molecule has 1 heterocycles. The van der Waals surface area contributed by atoms with E-state index in [-0.39, 0.29) is 5.75 Å². The van der Waals surface area contributed by atoms with E-state index in [1.165, 1.54) is 30.4 Å². The lowest BCUT2D eigenvalue weighted by molar-refractivity contribution is -0.0987. The summed E-state index contributed by atoms with van der Waals surface area (Å²) in [4.78, 5) is 18.5. The summed E-state index contributed by atoms with van der Waals surface area (Å²) in [7, 11) is 0. The van der Waals surface area contributed by atoms with Crippen molar-refractivity contribution in [3.63, 3.8) is 0 Å². The van der Waals surface area contributed by atoms with E-state index in [9.17, 15) is 5.11 Å². The molecule has 0 fully saturated rings. The maximum atomic E-state index is 9.58. The van der Waals surface area contributed by atoms with E-state index in [1.807, 2.05) is 20.5 Å². The molecule has 0 aromatic heterocycles. The number of nitrogens with one attached hydrogen (secondary N) is 1. The van der Waals surface area contributed by atoms with Crippen LogP contribution in [0.25, 0.3) is 0 Å². The monoisotopic (exact) mass is 448 g/mol. The van der Waals surface area contributed by atoms with Crippen molar-refractivity contribution in [2.75, 3.05) is 25.0 Å². The molecular weight excluding hydrogens is 412 g/mol. The van der Waals surface area contributed by atoms with E-state index in [4.69, 9.17) is 21.2 Å². The number of hydrogen-bond donors (Lipinski definition) is 2. The number of carbonyl (C=O) groups excluding carboxylic acids is 2. The first-order valence-electron chi connectivity index (χ1n) is 10.6. The second-order valence-corrected chi connectivity index (χ2v) is 7.66. The van der Waals surface area contributed by atoms with E-state index < -0.39 is 0 Å². The Labute approximate surface area is 192 Å². The molecule has 0 saturated heterocycles. The molecule has 2 N–H and O–H groups in total. The molecule has 5 nitrogen and oxygen atoms in total. The van der Waals surface area contributed by atoms with Crippen LogP contribution in [0.2, 0.25) is 5.02 Å². The molecule has 2 aromatic rings. The van der Waals surface area contributed by atoms with Gasteiger partial charge in [0.1, 0.15) is 19.3 Å². The summed E-state index contributed by atoms with van der Waals surface area (Å²) in [5.74, 6) is 0.144. The van der Waals surface area contributed by atoms with Crippen molar-refractivity contribution in [3.8, 4) is 5.75 Å². The Morgan fingerprint density at radius 1 is 1.06 bits per heavy atom. The molecule has 31 heavy (non-hydrogen) atoms. The zero-order chi connectivity index (χ0) is 23.6. The van der Waals surface area contributed by atoms with Crippen LogP contribution in [0.15, 0.2) is 36.4 Å². The normalized spacial score (nSPS) is 12.0. The molecule has 6 heteroatoms. The minimum Gasteiger partial charge on any atom is -0.506 e. The van der Waals surface area contributed by atoms with Crippen molar-refractivity contribution in [2.24, 2.45) is 0 Å². The molecule has 2 aromatic carbocycles. The molecule has 0 unspecified atom stereocenters. The fourth-order valence-electron chi connectivity index (χ4n) is 3.29. The van der Waals surface area contributed by atoms with Gasteiger partial charge in [0.2, 0.25) is 0 Å². The highest BCUT2D eigenvalue weighted by Crippen LogP contribution is 2.29. The lowest BCUT2D eigenvalue weighted by Gasteiger charge is -2.28. The topological polar surface area (TPSA) is 69.6 Å². The van der Waals surface area contributed by atoms with Crippen molar-refractivity contribution in [3.05, 3.63) is 58.1 Å². The molecule has 1 aliphatic heterocycles. The van der Waals surface area contributed by atoms with Gasteiger partial charge in [-0.2, -0.15) is 0 Å². The van der Waals surface area contributed by atoms with Gasteiger partial charge in [0.05, 0.1) is 5.02 Å². The van der Waals surface area contributed by atoms with E-state index in [0.717, 1.165) is 43.9 Å². The van der Waals surface area contributed by atoms with Crippen LogP contribution in [0, 0.1) is 6.92 Å². The number of halogens is 1. The third-order valence-electron chi connectivity index (χ3n) is 4.72. The predicted octanol–water partition coefficient (Wildman–Crippen LogP) is 5.65. The number of aromatic hydroxyl groups is 1. The highest BCUT2D eigenvalue weighted by atomic mass is 35.5. The second kappa shape index (κ2) is 17.3. The summed E-state index contributed by atoms with van der Waals surface area (Å²) in [6.07, 6.45) is 4.72. The number of phenols is 1. The van der Waals surface area contributed by atoms with Gasteiger partial charge in [-0.1, -0.05) is 56.1 Å². The maximum Gasteiger partial charge on any atom is 0.134 e. The van der Waals surface area contributed by atoms with E-state index >= 15 is 0 Å². The van der Waals surface area contributed by atoms with Gasteiger partial charge in [0.25, 0.3) is 0 Å². The third-order valence-corrected chi connectivity index (χ3v) is 5.02. The number of nitrogens with zero attached hydrogens (tertiary/aromatic N) is 1. The van der Waals surface area contributed by atoms with Gasteiger partial charge in [0.15, 0.2) is 0 Å². The van der Waals surface area contributed by atoms with Crippen LogP contribution in [0.1, 0.15) is 49.8 Å². The Hall–Kier alpha value is -2.37. The molecule has 0 bridgehead atoms. The number of anilines is 1. The Balaban J connectivity index is 0.00000116. The lowest BCUT2D eigenvalue weighted by atomic mass is 10.00. The second-order valence-electron chi connectivity index (χ2n) is 7.25. The van der Waals surface area contributed by atoms with Gasteiger partial charge >= 0.3 is 0 Å². The number of phenolic OH excluding ortho intramolecular Hbond substituents is 1. The van der Waals surface area contributed by atoms with Gasteiger partial charge in [0, 0.05) is 25.3 Å². The summed E-state index contributed by atoms with van der Waals surface area (Å²) in [6, 6.07) is 12.3. The molecular formula is C25H37ClN2O3. The molecule has 0 spiro atoms. The fourth-order valence-corrected chi connectivity index (χ4v) is 3.45. The first kappa shape index (κ1) is 28.6. The van der Waals surface area contributed by atoms with Crippen LogP contribution in [-0.2, 0) is 22.6 Å². The van der Waals surface area contributed by atoms with Crippen molar-refractivity contribution in [2.45, 2.75) is 53.0 Å². The van der Waals surface area contributed by atoms with Crippen LogP contribution in [-0.4, -0.2) is 43.2 Å². The lowest BCUT2D eigenvalue weighted by Crippen LogP contribution is -2.31. The summed E-state index contributed by atoms with van der Waals surface area (Å²) in [5, 5.41) is 13.4. The molecule has 0 amide bonds. The van der Waals surface area contributed by atoms with Crippen LogP contribution in [0.5, 0.6) is 5.75 Å². The molecule has 172 valence electrons. The zero-order valence-electron chi connectivity index (χ0n) is 19.1. The smallest absolute Gasteiger partial charge is 0.134 e. The number of unbranched alkanes of at least 4 members (excludes halogenated alkanes) is 1. The van der Waals surface area contributed by atoms with E-state index in [0.29, 0.717) is 5.02 Å². The zero-order valence-corrected chi connectivity index (χ0v) is 19.9. The van der Waals surface area contributed by atoms with Crippen molar-refractivity contribution in [1.29, 1.82) is 0 Å². The summed E-state index contributed by atoms with van der Waals surface area (Å²) in [5.41, 5.74) is 5.01. The minimum atomic E-state index is 0.144. The number of hydrogen-bond acceptors (Lipinski definition) is 5. The first-order valence-corrected chi connectivity index (χ1v) is 11.0. The quantitative estimate of drug-likeness (QED) is 0.441. The molecule has 0 radical (unpaired) electrons. The molecule has 0 aliphatic carbocycles. The number of rotatable bonds is 6. The van der Waals surface area contributed by atoms with Crippen molar-refractivity contribution in [1.82, 2.24) is 4.90 Å². The summed E-state index contributed by atoms with van der Waals surface area (Å²) >= 11 is 5.97. The van der Waals surface area contributed by atoms with Crippen LogP contribution in [0.3, 0.4) is 0 Å². The van der Waals surface area contributed by atoms with Crippen LogP contribution in [0.4, 0.5) is 5.69 Å². The largest absolute Gasteiger partial charge is 0.506 e. The number of benzene rings is 2. The molecule has 3 rings (SSSR count). The Bertz CT molecular complexity index is 754. The number of aryl methyl sites for hydroxylation is 1. The number of carbonyl (C=O) groups is 2. The van der Waals surface area contributed by atoms with Crippen LogP contribution < -0.4 is 5.32 Å². The summed E-state index contributed by atoms with van der Waals surface area (Å²) in [6.45, 7) is 14.5. The van der Waals surface area contributed by atoms with Crippen LogP contribution >= 0.6 is 11.6 Å². The summed E-state index contributed by atoms with van der Waals surface area (Å²) < 4.78 is 0. The maximum absolute atomic E-state index is 9.58. The highest BCUT2D eigenvalue weighted by Gasteiger charge is 2.14. The first-order chi connectivity index (χ1) is 15.0. The molecule has 0 atom stereocenters. The third kappa shape index (κ3) is 10.5. The van der Waals surface area contributed by atoms with Gasteiger partial charge in [-0.25, -0.2) is 0 Å². The number of fused-ring (bicyclic) bond motifs is 1. The average Bonchev–Trinajstić information content (AvgIpc) is 2.80. The van der Waals surface area contributed by atoms with Crippen molar-refractivity contribution < 1.29 is 14.7 Å². The standard InChI is InChI=1S/C20H25ClN2O.C3H8.2CH2O/c1-15-12-20(24)18(21)13-19(15)22-9-4-5-10-23-11-8-16-6-2-3-7-17(16)14-23;1-3-2;2*1-2/h2-3,6-7,12-13,22,24H,4-5,8-11,14H2,1H3;3H2,1-2H3;2*1H2. The predicted molar refractivity (Wildman–Crippen MR) is 131 cm³/mol. The van der Waals surface area contributed by atoms with Gasteiger partial charge in [-0.05, 0) is 61.6 Å². The SMILES string of the molecule is C=O.C=O.CCC.Cc1cc(O)c(Cl)cc1NCCCCN1CCc2ccccc2C1. The highest BCUT2D eigenvalue weighted by molar-refractivity contribution is 6.32. The van der Waals surface area contributed by atoms with E-state index in [2.05, 4.69) is 48.3 Å². The minimum absolute atomic E-state index is 0.144. The fraction of sp³-hybridized carbons (Fsp3) is 0.440.